The maximum absolute atomic E-state index is 13.3. The van der Waals surface area contributed by atoms with Crippen molar-refractivity contribution in [2.45, 2.75) is 51.4 Å². The van der Waals surface area contributed by atoms with Gasteiger partial charge in [-0.3, -0.25) is 14.4 Å². The highest BCUT2D eigenvalue weighted by molar-refractivity contribution is 6.04. The van der Waals surface area contributed by atoms with Crippen molar-refractivity contribution >= 4 is 29.5 Å². The van der Waals surface area contributed by atoms with Crippen LogP contribution >= 0.6 is 0 Å². The van der Waals surface area contributed by atoms with Crippen LogP contribution in [-0.4, -0.2) is 90.7 Å². The van der Waals surface area contributed by atoms with Crippen molar-refractivity contribution in [1.29, 1.82) is 0 Å². The van der Waals surface area contributed by atoms with Crippen molar-refractivity contribution in [3.8, 4) is 11.1 Å². The molecule has 12 nitrogen and oxygen atoms in total. The molecule has 4 N–H and O–H groups in total. The van der Waals surface area contributed by atoms with Gasteiger partial charge in [-0.15, -0.1) is 0 Å². The molecule has 252 valence electrons. The number of nitrogens with one attached hydrogen (secondary N) is 4. The molecular weight excluding hydrogens is 592 g/mol. The summed E-state index contributed by atoms with van der Waals surface area (Å²) in [5.41, 5.74) is 4.36. The van der Waals surface area contributed by atoms with Crippen LogP contribution in [-0.2, 0) is 28.5 Å². The Morgan fingerprint density at radius 2 is 1.54 bits per heavy atom. The number of ether oxygens (including phenoxy) is 4. The highest BCUT2D eigenvalue weighted by atomic mass is 16.5. The molecule has 1 aliphatic carbocycles. The first-order chi connectivity index (χ1) is 22.4. The number of benzene rings is 2. The Kier molecular flexibility index (Phi) is 16.0. The van der Waals surface area contributed by atoms with Gasteiger partial charge in [0, 0.05) is 77.1 Å². The Hall–Kier alpha value is -4.00. The van der Waals surface area contributed by atoms with Gasteiger partial charge in [0.2, 0.25) is 11.8 Å². The number of carbonyl (C=O) groups is 4. The van der Waals surface area contributed by atoms with Crippen molar-refractivity contribution in [1.82, 2.24) is 16.0 Å². The van der Waals surface area contributed by atoms with E-state index in [4.69, 9.17) is 18.9 Å². The summed E-state index contributed by atoms with van der Waals surface area (Å²) in [4.78, 5) is 50.1. The lowest BCUT2D eigenvalue weighted by Gasteiger charge is -2.15. The molecule has 12 heteroatoms. The van der Waals surface area contributed by atoms with Gasteiger partial charge in [-0.25, -0.2) is 4.79 Å². The number of methoxy groups -OCH3 is 1. The summed E-state index contributed by atoms with van der Waals surface area (Å²) in [6.07, 6.45) is 3.11. The van der Waals surface area contributed by atoms with Crippen LogP contribution in [0.2, 0.25) is 0 Å². The molecule has 1 aliphatic rings. The van der Waals surface area contributed by atoms with Gasteiger partial charge in [-0.05, 0) is 59.7 Å². The lowest BCUT2D eigenvalue weighted by Crippen LogP contribution is -2.28. The second kappa shape index (κ2) is 20.2. The zero-order chi connectivity index (χ0) is 33.1. The number of anilines is 1. The maximum Gasteiger partial charge on any atom is 0.406 e. The van der Waals surface area contributed by atoms with E-state index < -0.39 is 6.09 Å². The fourth-order valence-electron chi connectivity index (χ4n) is 5.16. The van der Waals surface area contributed by atoms with Crippen LogP contribution in [0.4, 0.5) is 10.5 Å². The van der Waals surface area contributed by atoms with Crippen molar-refractivity contribution in [2.75, 3.05) is 72.2 Å². The molecule has 2 aromatic rings. The summed E-state index contributed by atoms with van der Waals surface area (Å²) in [6, 6.07) is 11.0. The number of rotatable bonds is 21. The van der Waals surface area contributed by atoms with Gasteiger partial charge in [0.15, 0.2) is 0 Å². The number of unbranched alkanes of at least 4 members (excludes halogenated alkanes) is 1. The van der Waals surface area contributed by atoms with Crippen molar-refractivity contribution < 1.29 is 38.1 Å². The van der Waals surface area contributed by atoms with E-state index in [9.17, 15) is 19.2 Å². The highest BCUT2D eigenvalue weighted by Crippen LogP contribution is 2.47. The molecule has 0 saturated heterocycles. The molecule has 0 heterocycles. The summed E-state index contributed by atoms with van der Waals surface area (Å²) in [7, 11) is 3.13. The van der Waals surface area contributed by atoms with Crippen LogP contribution < -0.4 is 21.3 Å². The Morgan fingerprint density at radius 1 is 0.804 bits per heavy atom. The number of hydrogen-bond donors (Lipinski definition) is 4. The van der Waals surface area contributed by atoms with Crippen LogP contribution in [0.15, 0.2) is 36.4 Å². The fraction of sp³-hybridized carbons (Fsp3) is 0.529. The lowest BCUT2D eigenvalue weighted by atomic mass is 9.96. The van der Waals surface area contributed by atoms with Gasteiger partial charge in [0.05, 0.1) is 13.2 Å². The standard InChI is InChI=1S/C34H48N4O8/c1-4-5-18-44-20-15-36-30(39)11-7-12-31(40)38-24-13-14-26-28(22-24)29(23-46-34(42)35-2)25-9-6-10-27(32(25)26)33(41)37-16-21-45-19-8-17-43-3/h6,9-10,13-14,22,29H,4-5,7-8,11-12,15-21,23H2,1-3H3,(H,35,42)(H,36,39)(H,37,41)(H,38,40). The van der Waals surface area contributed by atoms with E-state index in [1.165, 1.54) is 7.05 Å². The van der Waals surface area contributed by atoms with E-state index in [1.54, 1.807) is 19.2 Å². The minimum atomic E-state index is -0.563. The van der Waals surface area contributed by atoms with Crippen LogP contribution in [0.3, 0.4) is 0 Å². The second-order valence-electron chi connectivity index (χ2n) is 10.9. The molecule has 46 heavy (non-hydrogen) atoms. The molecule has 0 bridgehead atoms. The molecule has 0 radical (unpaired) electrons. The lowest BCUT2D eigenvalue weighted by molar-refractivity contribution is -0.121. The zero-order valence-corrected chi connectivity index (χ0v) is 27.2. The number of carbonyl (C=O) groups excluding carboxylic acids is 4. The van der Waals surface area contributed by atoms with E-state index in [1.807, 2.05) is 24.3 Å². The quantitative estimate of drug-likeness (QED) is 0.150. The van der Waals surface area contributed by atoms with Gasteiger partial charge < -0.3 is 40.2 Å². The molecule has 1 unspecified atom stereocenters. The molecular formula is C34H48N4O8. The molecule has 2 aromatic carbocycles. The van der Waals surface area contributed by atoms with E-state index >= 15 is 0 Å². The van der Waals surface area contributed by atoms with E-state index in [-0.39, 0.29) is 43.1 Å². The largest absolute Gasteiger partial charge is 0.449 e. The maximum atomic E-state index is 13.3. The Labute approximate surface area is 271 Å². The summed E-state index contributed by atoms with van der Waals surface area (Å²) in [6.45, 7) is 5.65. The predicted octanol–water partition coefficient (Wildman–Crippen LogP) is 3.98. The molecule has 1 atom stereocenters. The van der Waals surface area contributed by atoms with E-state index in [2.05, 4.69) is 28.2 Å². The molecule has 4 amide bonds. The van der Waals surface area contributed by atoms with Gasteiger partial charge in [-0.2, -0.15) is 0 Å². The Balaban J connectivity index is 1.63. The first-order valence-electron chi connectivity index (χ1n) is 16.0. The van der Waals surface area contributed by atoms with Crippen molar-refractivity contribution in [2.24, 2.45) is 0 Å². The highest BCUT2D eigenvalue weighted by Gasteiger charge is 2.33. The molecule has 0 saturated carbocycles. The monoisotopic (exact) mass is 640 g/mol. The van der Waals surface area contributed by atoms with Crippen LogP contribution in [0.25, 0.3) is 11.1 Å². The molecule has 0 spiro atoms. The number of alkyl carbamates (subject to hydrolysis) is 1. The third-order valence-corrected chi connectivity index (χ3v) is 7.47. The van der Waals surface area contributed by atoms with E-state index in [0.29, 0.717) is 63.8 Å². The number of fused-ring (bicyclic) bond motifs is 3. The topological polar surface area (TPSA) is 153 Å². The second-order valence-corrected chi connectivity index (χ2v) is 10.9. The van der Waals surface area contributed by atoms with Gasteiger partial charge in [-0.1, -0.05) is 31.5 Å². The third-order valence-electron chi connectivity index (χ3n) is 7.47. The first kappa shape index (κ1) is 36.5. The van der Waals surface area contributed by atoms with Crippen LogP contribution in [0.5, 0.6) is 0 Å². The third kappa shape index (κ3) is 11.4. The summed E-state index contributed by atoms with van der Waals surface area (Å²) in [5.74, 6) is -0.906. The molecule has 0 fully saturated rings. The van der Waals surface area contributed by atoms with E-state index in [0.717, 1.165) is 41.5 Å². The van der Waals surface area contributed by atoms with Crippen molar-refractivity contribution in [3.63, 3.8) is 0 Å². The summed E-state index contributed by atoms with van der Waals surface area (Å²) < 4.78 is 21.5. The Morgan fingerprint density at radius 3 is 2.28 bits per heavy atom. The normalized spacial score (nSPS) is 13.0. The Bertz CT molecular complexity index is 1300. The van der Waals surface area contributed by atoms with Crippen LogP contribution in [0, 0.1) is 0 Å². The predicted molar refractivity (Wildman–Crippen MR) is 175 cm³/mol. The average molecular weight is 641 g/mol. The number of hydrogen-bond acceptors (Lipinski definition) is 8. The minimum Gasteiger partial charge on any atom is -0.449 e. The summed E-state index contributed by atoms with van der Waals surface area (Å²) >= 11 is 0. The molecule has 0 aromatic heterocycles. The molecule has 3 rings (SSSR count). The first-order valence-corrected chi connectivity index (χ1v) is 16.0. The fourth-order valence-corrected chi connectivity index (χ4v) is 5.16. The smallest absolute Gasteiger partial charge is 0.406 e. The van der Waals surface area contributed by atoms with Crippen molar-refractivity contribution in [3.05, 3.63) is 53.1 Å². The number of amides is 4. The summed E-state index contributed by atoms with van der Waals surface area (Å²) in [5, 5.41) is 11.1. The zero-order valence-electron chi connectivity index (χ0n) is 27.2. The van der Waals surface area contributed by atoms with Crippen LogP contribution in [0.1, 0.15) is 72.9 Å². The van der Waals surface area contributed by atoms with Gasteiger partial charge in [0.1, 0.15) is 6.61 Å². The van der Waals surface area contributed by atoms with Gasteiger partial charge in [0.25, 0.3) is 5.91 Å². The average Bonchev–Trinajstić information content (AvgIpc) is 3.37. The minimum absolute atomic E-state index is 0.0518. The van der Waals surface area contributed by atoms with Gasteiger partial charge >= 0.3 is 6.09 Å². The molecule has 0 aliphatic heterocycles. The SMILES string of the molecule is CCCCOCCNC(=O)CCCC(=O)Nc1ccc2c(c1)C(COC(=O)NC)c1cccc(C(=O)NCCOCCCOC)c1-2.